The summed E-state index contributed by atoms with van der Waals surface area (Å²) in [7, 11) is 1.59. The van der Waals surface area contributed by atoms with Crippen molar-refractivity contribution in [3.63, 3.8) is 0 Å². The number of benzene rings is 3. The zero-order valence-electron chi connectivity index (χ0n) is 18.6. The Balaban J connectivity index is 1.55. The van der Waals surface area contributed by atoms with Crippen molar-refractivity contribution in [2.75, 3.05) is 13.7 Å². The Morgan fingerprint density at radius 3 is 2.34 bits per heavy atom. The Morgan fingerprint density at radius 2 is 1.66 bits per heavy atom. The number of aryl methyl sites for hydroxylation is 1. The molecule has 0 unspecified atom stereocenters. The summed E-state index contributed by atoms with van der Waals surface area (Å²) >= 11 is 0. The first-order valence-corrected chi connectivity index (χ1v) is 10.5. The predicted molar refractivity (Wildman–Crippen MR) is 125 cm³/mol. The maximum absolute atomic E-state index is 12.1. The Morgan fingerprint density at radius 1 is 0.906 bits per heavy atom. The molecule has 0 bridgehead atoms. The van der Waals surface area contributed by atoms with Crippen molar-refractivity contribution >= 4 is 11.6 Å². The molecule has 0 saturated carbocycles. The van der Waals surface area contributed by atoms with Gasteiger partial charge in [0.15, 0.2) is 18.1 Å². The van der Waals surface area contributed by atoms with Crippen LogP contribution < -0.4 is 19.6 Å². The predicted octanol–water partition coefficient (Wildman–Crippen LogP) is 4.76. The molecule has 3 aromatic rings. The lowest BCUT2D eigenvalue weighted by molar-refractivity contribution is -0.123. The standard InChI is InChI=1S/C26H28N2O4/c1-4-20-10-13-23(14-11-20)31-18-26(29)28-27-19(2)22-12-15-24(25(16-22)30-3)32-17-21-8-6-5-7-9-21/h5-16H,4,17-18H2,1-3H3,(H,28,29). The van der Waals surface area contributed by atoms with Gasteiger partial charge in [-0.1, -0.05) is 49.4 Å². The molecule has 0 fully saturated rings. The van der Waals surface area contributed by atoms with Gasteiger partial charge in [-0.15, -0.1) is 0 Å². The minimum absolute atomic E-state index is 0.113. The van der Waals surface area contributed by atoms with Gasteiger partial charge in [-0.3, -0.25) is 4.79 Å². The molecule has 0 aliphatic rings. The van der Waals surface area contributed by atoms with E-state index in [1.54, 1.807) is 7.11 Å². The van der Waals surface area contributed by atoms with E-state index in [9.17, 15) is 4.79 Å². The monoisotopic (exact) mass is 432 g/mol. The van der Waals surface area contributed by atoms with Crippen LogP contribution in [0.3, 0.4) is 0 Å². The summed E-state index contributed by atoms with van der Waals surface area (Å²) in [6.07, 6.45) is 0.958. The first kappa shape index (κ1) is 22.9. The van der Waals surface area contributed by atoms with Gasteiger partial charge < -0.3 is 14.2 Å². The maximum Gasteiger partial charge on any atom is 0.277 e. The Kier molecular flexibility index (Phi) is 8.26. The molecule has 6 heteroatoms. The van der Waals surface area contributed by atoms with Gasteiger partial charge >= 0.3 is 0 Å². The van der Waals surface area contributed by atoms with Crippen molar-refractivity contribution in [2.24, 2.45) is 5.10 Å². The van der Waals surface area contributed by atoms with Gasteiger partial charge in [0, 0.05) is 5.56 Å². The Labute approximate surface area is 188 Å². The van der Waals surface area contributed by atoms with Crippen LogP contribution in [0.2, 0.25) is 0 Å². The first-order valence-electron chi connectivity index (χ1n) is 10.5. The minimum Gasteiger partial charge on any atom is -0.493 e. The van der Waals surface area contributed by atoms with Crippen LogP contribution in [-0.2, 0) is 17.8 Å². The summed E-state index contributed by atoms with van der Waals surface area (Å²) in [6, 6.07) is 23.1. The molecule has 0 spiro atoms. The van der Waals surface area contributed by atoms with Crippen molar-refractivity contribution in [1.82, 2.24) is 5.43 Å². The van der Waals surface area contributed by atoms with Crippen molar-refractivity contribution in [3.8, 4) is 17.2 Å². The third-order valence-electron chi connectivity index (χ3n) is 4.87. The van der Waals surface area contributed by atoms with Crippen molar-refractivity contribution < 1.29 is 19.0 Å². The number of nitrogens with one attached hydrogen (secondary N) is 1. The highest BCUT2D eigenvalue weighted by Crippen LogP contribution is 2.29. The number of methoxy groups -OCH3 is 1. The van der Waals surface area contributed by atoms with Gasteiger partial charge in [0.25, 0.3) is 5.91 Å². The van der Waals surface area contributed by atoms with Crippen LogP contribution >= 0.6 is 0 Å². The summed E-state index contributed by atoms with van der Waals surface area (Å²) in [5, 5.41) is 4.17. The van der Waals surface area contributed by atoms with Crippen LogP contribution in [-0.4, -0.2) is 25.3 Å². The Hall–Kier alpha value is -3.80. The number of amides is 1. The van der Waals surface area contributed by atoms with Crippen molar-refractivity contribution in [3.05, 3.63) is 89.5 Å². The molecule has 0 aliphatic carbocycles. The summed E-state index contributed by atoms with van der Waals surface area (Å²) in [4.78, 5) is 12.1. The Bertz CT molecular complexity index is 1050. The third-order valence-corrected chi connectivity index (χ3v) is 4.87. The van der Waals surface area contributed by atoms with E-state index in [-0.39, 0.29) is 12.5 Å². The van der Waals surface area contributed by atoms with Crippen LogP contribution in [0.25, 0.3) is 0 Å². The third kappa shape index (κ3) is 6.60. The highest BCUT2D eigenvalue weighted by atomic mass is 16.5. The SMILES string of the molecule is CCc1ccc(OCC(=O)NN=C(C)c2ccc(OCc3ccccc3)c(OC)c2)cc1. The highest BCUT2D eigenvalue weighted by molar-refractivity contribution is 5.99. The number of carbonyl (C=O) groups is 1. The van der Waals surface area contributed by atoms with E-state index < -0.39 is 0 Å². The number of ether oxygens (including phenoxy) is 3. The van der Waals surface area contributed by atoms with E-state index in [1.807, 2.05) is 79.7 Å². The van der Waals surface area contributed by atoms with Crippen LogP contribution in [0.1, 0.15) is 30.5 Å². The van der Waals surface area contributed by atoms with Gasteiger partial charge in [-0.2, -0.15) is 5.10 Å². The molecule has 166 valence electrons. The zero-order valence-corrected chi connectivity index (χ0v) is 18.6. The molecule has 0 radical (unpaired) electrons. The van der Waals surface area contributed by atoms with Crippen LogP contribution in [0.5, 0.6) is 17.2 Å². The minimum atomic E-state index is -0.335. The van der Waals surface area contributed by atoms with Gasteiger partial charge in [0.05, 0.1) is 12.8 Å². The zero-order chi connectivity index (χ0) is 22.8. The summed E-state index contributed by atoms with van der Waals surface area (Å²) in [5.74, 6) is 1.55. The van der Waals surface area contributed by atoms with Gasteiger partial charge in [0.1, 0.15) is 12.4 Å². The second kappa shape index (κ2) is 11.6. The lowest BCUT2D eigenvalue weighted by Gasteiger charge is -2.12. The van der Waals surface area contributed by atoms with Crippen LogP contribution in [0.15, 0.2) is 77.9 Å². The molecule has 1 N–H and O–H groups in total. The largest absolute Gasteiger partial charge is 0.493 e. The molecule has 1 amide bonds. The van der Waals surface area contributed by atoms with E-state index in [4.69, 9.17) is 14.2 Å². The number of hydrazone groups is 1. The molecule has 0 aromatic heterocycles. The van der Waals surface area contributed by atoms with E-state index in [0.29, 0.717) is 29.6 Å². The topological polar surface area (TPSA) is 69.2 Å². The van der Waals surface area contributed by atoms with E-state index in [1.165, 1.54) is 5.56 Å². The normalized spacial score (nSPS) is 11.0. The molecule has 32 heavy (non-hydrogen) atoms. The second-order valence-electron chi connectivity index (χ2n) is 7.16. The molecular formula is C26H28N2O4. The van der Waals surface area contributed by atoms with E-state index >= 15 is 0 Å². The van der Waals surface area contributed by atoms with Crippen LogP contribution in [0, 0.1) is 0 Å². The molecule has 0 heterocycles. The van der Waals surface area contributed by atoms with E-state index in [2.05, 4.69) is 17.5 Å². The maximum atomic E-state index is 12.1. The highest BCUT2D eigenvalue weighted by Gasteiger charge is 2.09. The number of nitrogens with zero attached hydrogens (tertiary/aromatic N) is 1. The fourth-order valence-electron chi connectivity index (χ4n) is 2.96. The summed E-state index contributed by atoms with van der Waals surface area (Å²) in [6.45, 7) is 4.23. The molecule has 3 rings (SSSR count). The number of carbonyl (C=O) groups excluding carboxylic acids is 1. The van der Waals surface area contributed by atoms with Crippen molar-refractivity contribution in [1.29, 1.82) is 0 Å². The smallest absolute Gasteiger partial charge is 0.277 e. The molecule has 0 aliphatic heterocycles. The lowest BCUT2D eigenvalue weighted by Crippen LogP contribution is -2.25. The number of hydrogen-bond acceptors (Lipinski definition) is 5. The number of hydrogen-bond donors (Lipinski definition) is 1. The lowest BCUT2D eigenvalue weighted by atomic mass is 10.1. The van der Waals surface area contributed by atoms with Crippen molar-refractivity contribution in [2.45, 2.75) is 26.9 Å². The second-order valence-corrected chi connectivity index (χ2v) is 7.16. The summed E-state index contributed by atoms with van der Waals surface area (Å²) < 4.78 is 16.9. The quantitative estimate of drug-likeness (QED) is 0.371. The summed E-state index contributed by atoms with van der Waals surface area (Å²) in [5.41, 5.74) is 6.26. The molecular weight excluding hydrogens is 404 g/mol. The average molecular weight is 433 g/mol. The molecule has 0 saturated heterocycles. The van der Waals surface area contributed by atoms with Crippen LogP contribution in [0.4, 0.5) is 0 Å². The first-order chi connectivity index (χ1) is 15.6. The fraction of sp³-hybridized carbons (Fsp3) is 0.231. The molecule has 3 aromatic carbocycles. The number of rotatable bonds is 10. The van der Waals surface area contributed by atoms with E-state index in [0.717, 1.165) is 17.5 Å². The van der Waals surface area contributed by atoms with Gasteiger partial charge in [-0.05, 0) is 54.8 Å². The fourth-order valence-corrected chi connectivity index (χ4v) is 2.96. The average Bonchev–Trinajstić information content (AvgIpc) is 2.85. The van der Waals surface area contributed by atoms with Gasteiger partial charge in [-0.25, -0.2) is 5.43 Å². The van der Waals surface area contributed by atoms with Gasteiger partial charge in [0.2, 0.25) is 0 Å². The molecule has 0 atom stereocenters. The molecule has 6 nitrogen and oxygen atoms in total.